The lowest BCUT2D eigenvalue weighted by molar-refractivity contribution is 0.587. The van der Waals surface area contributed by atoms with Crippen molar-refractivity contribution in [2.24, 2.45) is 10.9 Å². The topological polar surface area (TPSA) is 61.8 Å². The third kappa shape index (κ3) is 4.85. The van der Waals surface area contributed by atoms with Crippen molar-refractivity contribution in [1.29, 1.82) is 0 Å². The molecule has 0 aromatic heterocycles. The van der Waals surface area contributed by atoms with E-state index in [2.05, 4.69) is 9.71 Å². The summed E-state index contributed by atoms with van der Waals surface area (Å²) >= 11 is 0. The summed E-state index contributed by atoms with van der Waals surface area (Å²) in [7, 11) is 0.378. The van der Waals surface area contributed by atoms with Gasteiger partial charge in [-0.2, -0.15) is 0 Å². The number of benzene rings is 1. The maximum absolute atomic E-state index is 11.8. The van der Waals surface area contributed by atoms with Crippen LogP contribution in [0.15, 0.2) is 29.3 Å². The Balaban J connectivity index is 2.82. The Hall–Kier alpha value is -1.56. The van der Waals surface area contributed by atoms with Gasteiger partial charge in [-0.15, -0.1) is 0 Å². The Bertz CT molecular complexity index is 563. The molecule has 0 heterocycles. The lowest BCUT2D eigenvalue weighted by Gasteiger charge is -2.19. The summed E-state index contributed by atoms with van der Waals surface area (Å²) in [6.45, 7) is 5.67. The average molecular weight is 297 g/mol. The van der Waals surface area contributed by atoms with Crippen LogP contribution >= 0.6 is 0 Å². The smallest absolute Gasteiger partial charge is 0.232 e. The fraction of sp³-hybridized carbons (Fsp3) is 0.500. The highest BCUT2D eigenvalue weighted by atomic mass is 32.2. The van der Waals surface area contributed by atoms with Gasteiger partial charge in [-0.1, -0.05) is 13.8 Å². The van der Waals surface area contributed by atoms with E-state index in [9.17, 15) is 8.42 Å². The van der Waals surface area contributed by atoms with Crippen molar-refractivity contribution in [3.05, 3.63) is 24.3 Å². The van der Waals surface area contributed by atoms with E-state index in [0.717, 1.165) is 11.5 Å². The molecule has 6 heteroatoms. The van der Waals surface area contributed by atoms with Crippen LogP contribution in [0.3, 0.4) is 0 Å². The fourth-order valence-electron chi connectivity index (χ4n) is 1.75. The first-order valence-electron chi connectivity index (χ1n) is 6.53. The van der Waals surface area contributed by atoms with Crippen LogP contribution in [-0.4, -0.2) is 34.1 Å². The molecule has 0 aliphatic heterocycles. The maximum Gasteiger partial charge on any atom is 0.232 e. The molecule has 1 rings (SSSR count). The highest BCUT2D eigenvalue weighted by Gasteiger charge is 2.13. The van der Waals surface area contributed by atoms with Crippen molar-refractivity contribution in [3.63, 3.8) is 0 Å². The number of sulfonamides is 1. The summed E-state index contributed by atoms with van der Waals surface area (Å²) in [6, 6.07) is 7.24. The zero-order valence-corrected chi connectivity index (χ0v) is 13.5. The van der Waals surface area contributed by atoms with Gasteiger partial charge in [0, 0.05) is 25.5 Å². The quantitative estimate of drug-likeness (QED) is 0.671. The maximum atomic E-state index is 11.8. The van der Waals surface area contributed by atoms with Gasteiger partial charge in [0.2, 0.25) is 10.0 Å². The molecule has 0 radical (unpaired) electrons. The Morgan fingerprint density at radius 2 is 1.85 bits per heavy atom. The van der Waals surface area contributed by atoms with Crippen LogP contribution in [0.2, 0.25) is 0 Å². The minimum Gasteiger partial charge on any atom is -0.334 e. The van der Waals surface area contributed by atoms with E-state index in [-0.39, 0.29) is 11.7 Å². The van der Waals surface area contributed by atoms with E-state index in [1.807, 2.05) is 44.9 Å². The average Bonchev–Trinajstić information content (AvgIpc) is 2.35. The molecule has 0 aliphatic rings. The molecular weight excluding hydrogens is 274 g/mol. The van der Waals surface area contributed by atoms with Gasteiger partial charge in [-0.3, -0.25) is 9.71 Å². The summed E-state index contributed by atoms with van der Waals surface area (Å²) in [5.41, 5.74) is 1.54. The summed E-state index contributed by atoms with van der Waals surface area (Å²) in [4.78, 5) is 6.05. The third-order valence-corrected chi connectivity index (χ3v) is 4.54. The second-order valence-electron chi connectivity index (χ2n) is 5.15. The monoisotopic (exact) mass is 297 g/mol. The minimum absolute atomic E-state index is 0.0984. The van der Waals surface area contributed by atoms with E-state index in [0.29, 0.717) is 5.69 Å². The van der Waals surface area contributed by atoms with Gasteiger partial charge >= 0.3 is 0 Å². The number of nitrogens with one attached hydrogen (secondary N) is 1. The van der Waals surface area contributed by atoms with Crippen LogP contribution in [0.4, 0.5) is 11.4 Å². The van der Waals surface area contributed by atoms with Crippen LogP contribution in [-0.2, 0) is 10.0 Å². The Morgan fingerprint density at radius 3 is 2.30 bits per heavy atom. The van der Waals surface area contributed by atoms with Crippen molar-refractivity contribution in [2.45, 2.75) is 20.8 Å². The predicted molar refractivity (Wildman–Crippen MR) is 86.1 cm³/mol. The van der Waals surface area contributed by atoms with E-state index in [1.165, 1.54) is 0 Å². The number of aliphatic imine (C=N–C) groups is 1. The van der Waals surface area contributed by atoms with Gasteiger partial charge in [-0.05, 0) is 37.1 Å². The number of nitrogens with zero attached hydrogens (tertiary/aromatic N) is 2. The molecule has 0 spiro atoms. The Labute approximate surface area is 121 Å². The lowest BCUT2D eigenvalue weighted by atomic mass is 10.2. The Morgan fingerprint density at radius 1 is 1.30 bits per heavy atom. The molecule has 1 aromatic carbocycles. The van der Waals surface area contributed by atoms with Crippen LogP contribution < -0.4 is 9.62 Å². The molecule has 0 amide bonds. The van der Waals surface area contributed by atoms with E-state index in [1.54, 1.807) is 19.2 Å². The molecule has 0 bridgehead atoms. The van der Waals surface area contributed by atoms with Crippen molar-refractivity contribution >= 4 is 27.2 Å². The zero-order chi connectivity index (χ0) is 15.3. The van der Waals surface area contributed by atoms with Gasteiger partial charge in [0.25, 0.3) is 0 Å². The molecule has 20 heavy (non-hydrogen) atoms. The second-order valence-corrected chi connectivity index (χ2v) is 6.92. The highest BCUT2D eigenvalue weighted by Crippen LogP contribution is 2.18. The van der Waals surface area contributed by atoms with Crippen LogP contribution in [0.1, 0.15) is 20.8 Å². The molecule has 5 nitrogen and oxygen atoms in total. The van der Waals surface area contributed by atoms with E-state index >= 15 is 0 Å². The molecule has 1 aromatic rings. The second kappa shape index (κ2) is 6.74. The summed E-state index contributed by atoms with van der Waals surface area (Å²) in [5.74, 6) is 1.11. The molecule has 112 valence electrons. The van der Waals surface area contributed by atoms with E-state index < -0.39 is 10.0 Å². The molecule has 1 N–H and O–H groups in total. The van der Waals surface area contributed by atoms with Gasteiger partial charge in [0.1, 0.15) is 0 Å². The number of hydrogen-bond donors (Lipinski definition) is 1. The van der Waals surface area contributed by atoms with Gasteiger partial charge in [0.15, 0.2) is 0 Å². The lowest BCUT2D eigenvalue weighted by Crippen LogP contribution is -2.23. The van der Waals surface area contributed by atoms with Crippen molar-refractivity contribution < 1.29 is 8.42 Å². The SMILES string of the molecule is CN=C(C)N(C)c1ccc(NS(=O)(=O)CC(C)C)cc1. The summed E-state index contributed by atoms with van der Waals surface area (Å²) in [5, 5.41) is 0. The van der Waals surface area contributed by atoms with Gasteiger partial charge < -0.3 is 4.90 Å². The van der Waals surface area contributed by atoms with Crippen molar-refractivity contribution in [2.75, 3.05) is 29.5 Å². The van der Waals surface area contributed by atoms with Gasteiger partial charge in [0.05, 0.1) is 11.6 Å². The standard InChI is InChI=1S/C14H23N3O2S/c1-11(2)10-20(18,19)16-13-6-8-14(9-7-13)17(5)12(3)15-4/h6-9,11,16H,10H2,1-5H3. The number of rotatable bonds is 5. The normalized spacial score (nSPS) is 12.6. The van der Waals surface area contributed by atoms with E-state index in [4.69, 9.17) is 0 Å². The fourth-order valence-corrected chi connectivity index (χ4v) is 3.21. The minimum atomic E-state index is -3.28. The van der Waals surface area contributed by atoms with Crippen LogP contribution in [0.5, 0.6) is 0 Å². The molecule has 0 unspecified atom stereocenters. The Kier molecular flexibility index (Phi) is 5.56. The molecular formula is C14H23N3O2S. The van der Waals surface area contributed by atoms with Crippen molar-refractivity contribution in [3.8, 4) is 0 Å². The first-order chi connectivity index (χ1) is 9.25. The molecule has 0 atom stereocenters. The highest BCUT2D eigenvalue weighted by molar-refractivity contribution is 7.92. The molecule has 0 fully saturated rings. The van der Waals surface area contributed by atoms with Crippen LogP contribution in [0, 0.1) is 5.92 Å². The number of amidine groups is 1. The summed E-state index contributed by atoms with van der Waals surface area (Å²) < 4.78 is 26.3. The predicted octanol–water partition coefficient (Wildman–Crippen LogP) is 2.57. The molecule has 0 aliphatic carbocycles. The zero-order valence-electron chi connectivity index (χ0n) is 12.7. The number of hydrogen-bond acceptors (Lipinski definition) is 3. The van der Waals surface area contributed by atoms with Crippen molar-refractivity contribution in [1.82, 2.24) is 0 Å². The molecule has 0 saturated carbocycles. The third-order valence-electron chi connectivity index (χ3n) is 2.89. The molecule has 0 saturated heterocycles. The van der Waals surface area contributed by atoms with Crippen LogP contribution in [0.25, 0.3) is 0 Å². The van der Waals surface area contributed by atoms with Gasteiger partial charge in [-0.25, -0.2) is 8.42 Å². The summed E-state index contributed by atoms with van der Waals surface area (Å²) in [6.07, 6.45) is 0. The first-order valence-corrected chi connectivity index (χ1v) is 8.18. The number of anilines is 2. The largest absolute Gasteiger partial charge is 0.334 e. The first kappa shape index (κ1) is 16.5.